The molecule has 0 aliphatic carbocycles. The highest BCUT2D eigenvalue weighted by molar-refractivity contribution is 9.10. The number of nitrogens with one attached hydrogen (secondary N) is 2. The molecule has 6 nitrogen and oxygen atoms in total. The van der Waals surface area contributed by atoms with E-state index in [9.17, 15) is 13.2 Å². The van der Waals surface area contributed by atoms with E-state index in [1.54, 1.807) is 30.3 Å². The number of anilines is 2. The van der Waals surface area contributed by atoms with Crippen LogP contribution in [0.25, 0.3) is 0 Å². The molecule has 0 spiro atoms. The van der Waals surface area contributed by atoms with Crippen LogP contribution in [0, 0.1) is 6.92 Å². The van der Waals surface area contributed by atoms with Crippen LogP contribution >= 0.6 is 15.9 Å². The van der Waals surface area contributed by atoms with Crippen molar-refractivity contribution in [2.75, 3.05) is 16.6 Å². The molecule has 156 valence electrons. The average molecular weight is 489 g/mol. The van der Waals surface area contributed by atoms with Crippen LogP contribution in [0.15, 0.2) is 76.1 Å². The maximum atomic E-state index is 12.6. The van der Waals surface area contributed by atoms with Crippen LogP contribution in [0.5, 0.6) is 5.75 Å². The monoisotopic (exact) mass is 488 g/mol. The molecule has 0 unspecified atom stereocenters. The lowest BCUT2D eigenvalue weighted by molar-refractivity contribution is 0.102. The van der Waals surface area contributed by atoms with Crippen LogP contribution in [0.1, 0.15) is 22.8 Å². The molecular formula is C22H21BrN2O4S. The number of carbonyl (C=O) groups excluding carboxylic acids is 1. The number of hydrogen-bond donors (Lipinski definition) is 2. The maximum absolute atomic E-state index is 12.6. The second-order valence-electron chi connectivity index (χ2n) is 6.50. The standard InChI is InChI=1S/C22H21BrN2O4S/c1-3-29-19-9-7-18(8-10-19)25-30(27,28)20-11-4-16(5-12-20)22(26)24-21-13-6-17(23)14-15(21)2/h4-14,25H,3H2,1-2H3,(H,24,26). The summed E-state index contributed by atoms with van der Waals surface area (Å²) in [5.74, 6) is 0.348. The summed E-state index contributed by atoms with van der Waals surface area (Å²) in [6, 6.07) is 18.0. The van der Waals surface area contributed by atoms with Crippen LogP contribution in [0.4, 0.5) is 11.4 Å². The van der Waals surface area contributed by atoms with E-state index in [-0.39, 0.29) is 10.8 Å². The van der Waals surface area contributed by atoms with E-state index in [4.69, 9.17) is 4.74 Å². The lowest BCUT2D eigenvalue weighted by Crippen LogP contribution is -2.15. The van der Waals surface area contributed by atoms with Crippen LogP contribution in [0.3, 0.4) is 0 Å². The van der Waals surface area contributed by atoms with Gasteiger partial charge in [-0.3, -0.25) is 9.52 Å². The van der Waals surface area contributed by atoms with Gasteiger partial charge in [0, 0.05) is 21.4 Å². The minimum atomic E-state index is -3.78. The van der Waals surface area contributed by atoms with Gasteiger partial charge < -0.3 is 10.1 Å². The Kier molecular flexibility index (Phi) is 6.79. The Bertz CT molecular complexity index is 1140. The van der Waals surface area contributed by atoms with E-state index in [0.717, 1.165) is 10.0 Å². The lowest BCUT2D eigenvalue weighted by atomic mass is 10.1. The van der Waals surface area contributed by atoms with Crippen LogP contribution in [-0.2, 0) is 10.0 Å². The topological polar surface area (TPSA) is 84.5 Å². The van der Waals surface area contributed by atoms with Gasteiger partial charge in [-0.05, 0) is 86.1 Å². The summed E-state index contributed by atoms with van der Waals surface area (Å²) < 4.78 is 34.0. The number of rotatable bonds is 7. The summed E-state index contributed by atoms with van der Waals surface area (Å²) in [4.78, 5) is 12.6. The summed E-state index contributed by atoms with van der Waals surface area (Å²) in [5, 5.41) is 2.83. The lowest BCUT2D eigenvalue weighted by Gasteiger charge is -2.11. The van der Waals surface area contributed by atoms with E-state index in [2.05, 4.69) is 26.0 Å². The molecule has 0 saturated heterocycles. The number of carbonyl (C=O) groups is 1. The first kappa shape index (κ1) is 21.9. The fourth-order valence-corrected chi connectivity index (χ4v) is 4.28. The SMILES string of the molecule is CCOc1ccc(NS(=O)(=O)c2ccc(C(=O)Nc3ccc(Br)cc3C)cc2)cc1. The predicted molar refractivity (Wildman–Crippen MR) is 122 cm³/mol. The van der Waals surface area contributed by atoms with Crippen molar-refractivity contribution < 1.29 is 17.9 Å². The fourth-order valence-electron chi connectivity index (χ4n) is 2.75. The van der Waals surface area contributed by atoms with Crippen molar-refractivity contribution in [1.82, 2.24) is 0 Å². The molecule has 0 aliphatic rings. The van der Waals surface area contributed by atoms with Gasteiger partial charge in [-0.15, -0.1) is 0 Å². The highest BCUT2D eigenvalue weighted by Gasteiger charge is 2.16. The number of benzene rings is 3. The van der Waals surface area contributed by atoms with E-state index in [1.165, 1.54) is 24.3 Å². The zero-order valence-electron chi connectivity index (χ0n) is 16.5. The van der Waals surface area contributed by atoms with Crippen molar-refractivity contribution in [3.8, 4) is 5.75 Å². The smallest absolute Gasteiger partial charge is 0.261 e. The number of amides is 1. The average Bonchev–Trinajstić information content (AvgIpc) is 2.71. The largest absolute Gasteiger partial charge is 0.494 e. The molecule has 0 heterocycles. The van der Waals surface area contributed by atoms with Crippen molar-refractivity contribution in [2.45, 2.75) is 18.7 Å². The minimum absolute atomic E-state index is 0.0627. The molecule has 0 aliphatic heterocycles. The molecule has 2 N–H and O–H groups in total. The number of ether oxygens (including phenoxy) is 1. The van der Waals surface area contributed by atoms with Crippen LogP contribution in [0.2, 0.25) is 0 Å². The van der Waals surface area contributed by atoms with Gasteiger partial charge in [0.05, 0.1) is 11.5 Å². The van der Waals surface area contributed by atoms with Crippen molar-refractivity contribution in [3.05, 3.63) is 82.3 Å². The second-order valence-corrected chi connectivity index (χ2v) is 9.10. The normalized spacial score (nSPS) is 11.0. The van der Waals surface area contributed by atoms with Crippen molar-refractivity contribution in [3.63, 3.8) is 0 Å². The Labute approximate surface area is 184 Å². The number of sulfonamides is 1. The number of aryl methyl sites for hydroxylation is 1. The molecule has 0 radical (unpaired) electrons. The predicted octanol–water partition coefficient (Wildman–Crippen LogP) is 5.21. The van der Waals surface area contributed by atoms with Gasteiger partial charge in [-0.25, -0.2) is 8.42 Å². The molecule has 30 heavy (non-hydrogen) atoms. The van der Waals surface area contributed by atoms with Crippen LogP contribution in [-0.4, -0.2) is 20.9 Å². The molecule has 0 bridgehead atoms. The Hall–Kier alpha value is -2.84. The highest BCUT2D eigenvalue weighted by atomic mass is 79.9. The molecule has 3 aromatic rings. The van der Waals surface area contributed by atoms with E-state index >= 15 is 0 Å². The molecular weight excluding hydrogens is 468 g/mol. The van der Waals surface area contributed by atoms with Gasteiger partial charge in [0.25, 0.3) is 15.9 Å². The van der Waals surface area contributed by atoms with E-state index < -0.39 is 10.0 Å². The summed E-state index contributed by atoms with van der Waals surface area (Å²) in [5.41, 5.74) is 2.39. The molecule has 0 saturated carbocycles. The molecule has 8 heteroatoms. The van der Waals surface area contributed by atoms with E-state index in [0.29, 0.717) is 29.3 Å². The molecule has 3 aromatic carbocycles. The third-order valence-electron chi connectivity index (χ3n) is 4.28. The summed E-state index contributed by atoms with van der Waals surface area (Å²) in [6.45, 7) is 4.30. The summed E-state index contributed by atoms with van der Waals surface area (Å²) >= 11 is 3.39. The van der Waals surface area contributed by atoms with Crippen molar-refractivity contribution in [1.29, 1.82) is 0 Å². The van der Waals surface area contributed by atoms with Gasteiger partial charge in [-0.2, -0.15) is 0 Å². The van der Waals surface area contributed by atoms with Gasteiger partial charge in [0.15, 0.2) is 0 Å². The quantitative estimate of drug-likeness (QED) is 0.477. The Morgan fingerprint density at radius 2 is 1.67 bits per heavy atom. The van der Waals surface area contributed by atoms with Crippen molar-refractivity contribution in [2.24, 2.45) is 0 Å². The van der Waals surface area contributed by atoms with E-state index in [1.807, 2.05) is 26.0 Å². The Balaban J connectivity index is 1.71. The fraction of sp³-hybridized carbons (Fsp3) is 0.136. The maximum Gasteiger partial charge on any atom is 0.261 e. The molecule has 0 aromatic heterocycles. The van der Waals surface area contributed by atoms with Gasteiger partial charge in [-0.1, -0.05) is 15.9 Å². The first-order valence-corrected chi connectivity index (χ1v) is 11.5. The van der Waals surface area contributed by atoms with Gasteiger partial charge in [0.2, 0.25) is 0 Å². The third-order valence-corrected chi connectivity index (χ3v) is 6.17. The first-order valence-electron chi connectivity index (χ1n) is 9.22. The van der Waals surface area contributed by atoms with Crippen molar-refractivity contribution >= 4 is 43.2 Å². The summed E-state index contributed by atoms with van der Waals surface area (Å²) in [6.07, 6.45) is 0. The number of halogens is 1. The Morgan fingerprint density at radius 1 is 1.00 bits per heavy atom. The zero-order chi connectivity index (χ0) is 21.7. The van der Waals surface area contributed by atoms with Gasteiger partial charge >= 0.3 is 0 Å². The highest BCUT2D eigenvalue weighted by Crippen LogP contribution is 2.22. The minimum Gasteiger partial charge on any atom is -0.494 e. The molecule has 1 amide bonds. The number of hydrogen-bond acceptors (Lipinski definition) is 4. The van der Waals surface area contributed by atoms with Crippen LogP contribution < -0.4 is 14.8 Å². The first-order chi connectivity index (χ1) is 14.3. The van der Waals surface area contributed by atoms with Gasteiger partial charge in [0.1, 0.15) is 5.75 Å². The third kappa shape index (κ3) is 5.40. The second kappa shape index (κ2) is 9.32. The summed E-state index contributed by atoms with van der Waals surface area (Å²) in [7, 11) is -3.78. The zero-order valence-corrected chi connectivity index (χ0v) is 18.9. The Morgan fingerprint density at radius 3 is 2.27 bits per heavy atom. The molecule has 3 rings (SSSR count). The molecule has 0 fully saturated rings. The molecule has 0 atom stereocenters.